The highest BCUT2D eigenvalue weighted by Gasteiger charge is 2.56. The standard InChI is InChI=1S/C16H26N2O4/c1-4-6-9-22-15(20)18-10-12(3)16(11-17,13-7-8-13)14(19)21-5-2/h12-13H,4-10H2,1-3H3,(H,18,20). The molecule has 0 aromatic carbocycles. The maximum absolute atomic E-state index is 12.3. The lowest BCUT2D eigenvalue weighted by Crippen LogP contribution is -2.45. The molecule has 0 aliphatic heterocycles. The Bertz CT molecular complexity index is 428. The normalized spacial score (nSPS) is 17.7. The number of hydrogen-bond acceptors (Lipinski definition) is 5. The molecule has 2 atom stereocenters. The molecule has 1 saturated carbocycles. The van der Waals surface area contributed by atoms with Gasteiger partial charge in [-0.15, -0.1) is 0 Å². The largest absolute Gasteiger partial charge is 0.465 e. The number of nitriles is 1. The van der Waals surface area contributed by atoms with Crippen molar-refractivity contribution in [2.45, 2.75) is 46.5 Å². The predicted octanol–water partition coefficient (Wildman–Crippen LogP) is 2.63. The molecule has 0 bridgehead atoms. The molecule has 0 aromatic rings. The van der Waals surface area contributed by atoms with Crippen LogP contribution in [0.2, 0.25) is 0 Å². The smallest absolute Gasteiger partial charge is 0.407 e. The van der Waals surface area contributed by atoms with Crippen LogP contribution >= 0.6 is 0 Å². The summed E-state index contributed by atoms with van der Waals surface area (Å²) in [6.07, 6.45) is 2.95. The number of ether oxygens (including phenoxy) is 2. The van der Waals surface area contributed by atoms with Gasteiger partial charge >= 0.3 is 12.1 Å². The first kappa shape index (κ1) is 18.3. The fourth-order valence-corrected chi connectivity index (χ4v) is 2.56. The van der Waals surface area contributed by atoms with Crippen molar-refractivity contribution in [3.05, 3.63) is 0 Å². The van der Waals surface area contributed by atoms with E-state index in [0.717, 1.165) is 25.7 Å². The maximum Gasteiger partial charge on any atom is 0.407 e. The molecular weight excluding hydrogens is 284 g/mol. The molecular formula is C16H26N2O4. The Morgan fingerprint density at radius 1 is 1.36 bits per heavy atom. The lowest BCUT2D eigenvalue weighted by Gasteiger charge is -2.30. The van der Waals surface area contributed by atoms with Crippen molar-refractivity contribution >= 4 is 12.1 Å². The summed E-state index contributed by atoms with van der Waals surface area (Å²) in [5.74, 6) is -0.791. The highest BCUT2D eigenvalue weighted by molar-refractivity contribution is 5.81. The first-order chi connectivity index (χ1) is 10.5. The summed E-state index contributed by atoms with van der Waals surface area (Å²) >= 11 is 0. The minimum absolute atomic E-state index is 0.0180. The van der Waals surface area contributed by atoms with Gasteiger partial charge in [-0.25, -0.2) is 4.79 Å². The Balaban J connectivity index is 2.61. The SMILES string of the molecule is CCCCOC(=O)NCC(C)C(C#N)(C(=O)OCC)C1CC1. The Morgan fingerprint density at radius 3 is 2.55 bits per heavy atom. The maximum atomic E-state index is 12.3. The lowest BCUT2D eigenvalue weighted by molar-refractivity contribution is -0.156. The topological polar surface area (TPSA) is 88.4 Å². The van der Waals surface area contributed by atoms with Crippen molar-refractivity contribution in [3.63, 3.8) is 0 Å². The monoisotopic (exact) mass is 310 g/mol. The van der Waals surface area contributed by atoms with Crippen molar-refractivity contribution in [1.29, 1.82) is 5.26 Å². The van der Waals surface area contributed by atoms with Gasteiger partial charge in [0.15, 0.2) is 5.41 Å². The Hall–Kier alpha value is -1.77. The van der Waals surface area contributed by atoms with E-state index in [-0.39, 0.29) is 25.0 Å². The third kappa shape index (κ3) is 4.36. The number of alkyl carbamates (subject to hydrolysis) is 1. The summed E-state index contributed by atoms with van der Waals surface area (Å²) in [6.45, 7) is 6.37. The van der Waals surface area contributed by atoms with Crippen LogP contribution in [-0.2, 0) is 14.3 Å². The number of nitrogens with one attached hydrogen (secondary N) is 1. The molecule has 124 valence electrons. The van der Waals surface area contributed by atoms with Crippen molar-refractivity contribution in [2.24, 2.45) is 17.3 Å². The molecule has 0 heterocycles. The van der Waals surface area contributed by atoms with Crippen molar-refractivity contribution in [1.82, 2.24) is 5.32 Å². The van der Waals surface area contributed by atoms with E-state index in [0.29, 0.717) is 6.61 Å². The third-order valence-electron chi connectivity index (χ3n) is 4.08. The molecule has 22 heavy (non-hydrogen) atoms. The zero-order valence-electron chi connectivity index (χ0n) is 13.7. The van der Waals surface area contributed by atoms with E-state index in [2.05, 4.69) is 11.4 Å². The van der Waals surface area contributed by atoms with E-state index in [4.69, 9.17) is 9.47 Å². The van der Waals surface area contributed by atoms with E-state index in [9.17, 15) is 14.9 Å². The van der Waals surface area contributed by atoms with Crippen LogP contribution in [0.3, 0.4) is 0 Å². The Kier molecular flexibility index (Phi) is 7.16. The molecule has 0 spiro atoms. The molecule has 0 aromatic heterocycles. The Labute approximate surface area is 132 Å². The molecule has 1 N–H and O–H groups in total. The second kappa shape index (κ2) is 8.62. The number of carbonyl (C=O) groups is 2. The minimum Gasteiger partial charge on any atom is -0.465 e. The quantitative estimate of drug-likeness (QED) is 0.522. The van der Waals surface area contributed by atoms with Gasteiger partial charge in [-0.1, -0.05) is 20.3 Å². The minimum atomic E-state index is -1.17. The van der Waals surface area contributed by atoms with Crippen LogP contribution < -0.4 is 5.32 Å². The number of carbonyl (C=O) groups excluding carboxylic acids is 2. The van der Waals surface area contributed by atoms with Crippen molar-refractivity contribution < 1.29 is 19.1 Å². The second-order valence-electron chi connectivity index (χ2n) is 5.75. The van der Waals surface area contributed by atoms with Gasteiger partial charge in [0.05, 0.1) is 19.3 Å². The summed E-state index contributed by atoms with van der Waals surface area (Å²) < 4.78 is 10.1. The average molecular weight is 310 g/mol. The average Bonchev–Trinajstić information content (AvgIpc) is 3.32. The lowest BCUT2D eigenvalue weighted by atomic mass is 9.73. The van der Waals surface area contributed by atoms with E-state index in [1.54, 1.807) is 13.8 Å². The summed E-state index contributed by atoms with van der Waals surface area (Å²) in [7, 11) is 0. The molecule has 1 rings (SSSR count). The molecule has 0 radical (unpaired) electrons. The van der Waals surface area contributed by atoms with Gasteiger partial charge in [-0.05, 0) is 32.1 Å². The van der Waals surface area contributed by atoms with Gasteiger partial charge in [-0.2, -0.15) is 5.26 Å². The van der Waals surface area contributed by atoms with E-state index < -0.39 is 17.5 Å². The number of amides is 1. The van der Waals surface area contributed by atoms with Crippen molar-refractivity contribution in [2.75, 3.05) is 19.8 Å². The second-order valence-corrected chi connectivity index (χ2v) is 5.75. The summed E-state index contributed by atoms with van der Waals surface area (Å²) in [6, 6.07) is 2.17. The zero-order valence-corrected chi connectivity index (χ0v) is 13.7. The summed E-state index contributed by atoms with van der Waals surface area (Å²) in [5.41, 5.74) is -1.17. The number of unbranched alkanes of at least 4 members (excludes halogenated alkanes) is 1. The molecule has 6 nitrogen and oxygen atoms in total. The van der Waals surface area contributed by atoms with Gasteiger partial charge in [0.1, 0.15) is 0 Å². The zero-order chi connectivity index (χ0) is 16.6. The molecule has 1 fully saturated rings. The van der Waals surface area contributed by atoms with Crippen LogP contribution in [0.4, 0.5) is 4.79 Å². The molecule has 1 aliphatic rings. The number of nitrogens with zero attached hydrogens (tertiary/aromatic N) is 1. The van der Waals surface area contributed by atoms with Gasteiger partial charge in [0.2, 0.25) is 0 Å². The first-order valence-corrected chi connectivity index (χ1v) is 8.01. The van der Waals surface area contributed by atoms with Gasteiger partial charge < -0.3 is 14.8 Å². The van der Waals surface area contributed by atoms with Gasteiger partial charge in [0, 0.05) is 12.5 Å². The van der Waals surface area contributed by atoms with Crippen LogP contribution in [-0.4, -0.2) is 31.8 Å². The van der Waals surface area contributed by atoms with Crippen LogP contribution in [0.15, 0.2) is 0 Å². The molecule has 2 unspecified atom stereocenters. The van der Waals surface area contributed by atoms with Crippen LogP contribution in [0.1, 0.15) is 46.5 Å². The van der Waals surface area contributed by atoms with E-state index >= 15 is 0 Å². The molecule has 0 saturated heterocycles. The predicted molar refractivity (Wildman–Crippen MR) is 80.8 cm³/mol. The van der Waals surface area contributed by atoms with Crippen LogP contribution in [0.5, 0.6) is 0 Å². The van der Waals surface area contributed by atoms with E-state index in [1.165, 1.54) is 0 Å². The summed E-state index contributed by atoms with van der Waals surface area (Å²) in [4.78, 5) is 23.9. The molecule has 6 heteroatoms. The molecule has 1 amide bonds. The third-order valence-corrected chi connectivity index (χ3v) is 4.08. The van der Waals surface area contributed by atoms with E-state index in [1.807, 2.05) is 6.92 Å². The fourth-order valence-electron chi connectivity index (χ4n) is 2.56. The van der Waals surface area contributed by atoms with Gasteiger partial charge in [-0.3, -0.25) is 4.79 Å². The summed E-state index contributed by atoms with van der Waals surface area (Å²) in [5, 5.41) is 12.2. The molecule has 1 aliphatic carbocycles. The number of hydrogen-bond donors (Lipinski definition) is 1. The Morgan fingerprint density at radius 2 is 2.05 bits per heavy atom. The van der Waals surface area contributed by atoms with Crippen molar-refractivity contribution in [3.8, 4) is 6.07 Å². The first-order valence-electron chi connectivity index (χ1n) is 8.01. The highest BCUT2D eigenvalue weighted by atomic mass is 16.5. The number of esters is 1. The number of rotatable bonds is 9. The fraction of sp³-hybridized carbons (Fsp3) is 0.812. The highest BCUT2D eigenvalue weighted by Crippen LogP contribution is 2.50. The van der Waals surface area contributed by atoms with Crippen LogP contribution in [0.25, 0.3) is 0 Å². The van der Waals surface area contributed by atoms with Gasteiger partial charge in [0.25, 0.3) is 0 Å². The van der Waals surface area contributed by atoms with Crippen LogP contribution in [0, 0.1) is 28.6 Å².